The molecular weight excluding hydrogens is 321 g/mol. The molecule has 0 spiro atoms. The van der Waals surface area contributed by atoms with E-state index in [9.17, 15) is 9.18 Å². The lowest BCUT2D eigenvalue weighted by atomic mass is 10.0. The quantitative estimate of drug-likeness (QED) is 0.717. The van der Waals surface area contributed by atoms with Crippen molar-refractivity contribution >= 4 is 11.6 Å². The van der Waals surface area contributed by atoms with Gasteiger partial charge in [-0.05, 0) is 48.4 Å². The minimum atomic E-state index is -0.463. The van der Waals surface area contributed by atoms with E-state index in [0.717, 1.165) is 11.1 Å². The molecule has 0 aliphatic carbocycles. The predicted octanol–water partition coefficient (Wildman–Crippen LogP) is 2.59. The monoisotopic (exact) mass is 337 g/mol. The van der Waals surface area contributed by atoms with Crippen molar-refractivity contribution in [3.05, 3.63) is 59.8 Å². The van der Waals surface area contributed by atoms with Gasteiger partial charge in [-0.1, -0.05) is 0 Å². The Morgan fingerprint density at radius 1 is 1.20 bits per heavy atom. The van der Waals surface area contributed by atoms with Gasteiger partial charge in [-0.2, -0.15) is 10.2 Å². The first kappa shape index (κ1) is 16.5. The Balaban J connectivity index is 2.06. The molecule has 0 saturated heterocycles. The van der Waals surface area contributed by atoms with Crippen molar-refractivity contribution < 1.29 is 9.18 Å². The van der Waals surface area contributed by atoms with Crippen LogP contribution in [0.5, 0.6) is 0 Å². The van der Waals surface area contributed by atoms with Crippen molar-refractivity contribution in [1.82, 2.24) is 20.5 Å². The molecule has 0 unspecified atom stereocenters. The molecule has 0 atom stereocenters. The second-order valence-corrected chi connectivity index (χ2v) is 5.53. The van der Waals surface area contributed by atoms with Crippen LogP contribution in [0.3, 0.4) is 0 Å². The summed E-state index contributed by atoms with van der Waals surface area (Å²) in [7, 11) is 1.55. The van der Waals surface area contributed by atoms with Gasteiger partial charge in [0.15, 0.2) is 0 Å². The van der Waals surface area contributed by atoms with Crippen LogP contribution >= 0.6 is 0 Å². The summed E-state index contributed by atoms with van der Waals surface area (Å²) in [5.41, 5.74) is 9.55. The van der Waals surface area contributed by atoms with E-state index in [1.807, 2.05) is 6.07 Å². The maximum Gasteiger partial charge on any atom is 0.269 e. The van der Waals surface area contributed by atoms with E-state index in [2.05, 4.69) is 20.5 Å². The summed E-state index contributed by atoms with van der Waals surface area (Å²) in [6.07, 6.45) is 3.15. The van der Waals surface area contributed by atoms with Crippen LogP contribution in [0.1, 0.15) is 16.1 Å². The fraction of sp³-hybridized carbons (Fsp3) is 0.111. The number of nitrogens with two attached hydrogens (primary N) is 1. The molecule has 0 saturated carbocycles. The highest BCUT2D eigenvalue weighted by atomic mass is 19.1. The highest BCUT2D eigenvalue weighted by Gasteiger charge is 2.11. The van der Waals surface area contributed by atoms with Gasteiger partial charge in [0.25, 0.3) is 5.91 Å². The van der Waals surface area contributed by atoms with Crippen molar-refractivity contribution in [2.75, 3.05) is 12.8 Å². The average Bonchev–Trinajstić information content (AvgIpc) is 2.64. The molecule has 1 amide bonds. The zero-order valence-corrected chi connectivity index (χ0v) is 13.7. The summed E-state index contributed by atoms with van der Waals surface area (Å²) >= 11 is 0. The van der Waals surface area contributed by atoms with Crippen molar-refractivity contribution in [3.8, 4) is 22.4 Å². The van der Waals surface area contributed by atoms with Crippen LogP contribution in [-0.4, -0.2) is 28.1 Å². The summed E-state index contributed by atoms with van der Waals surface area (Å²) in [6, 6.07) is 8.18. The zero-order chi connectivity index (χ0) is 18.0. The lowest BCUT2D eigenvalue weighted by Crippen LogP contribution is -2.19. The number of nitrogen functional groups attached to an aromatic ring is 1. The third-order valence-electron chi connectivity index (χ3n) is 3.83. The molecule has 126 valence electrons. The number of anilines is 1. The first-order chi connectivity index (χ1) is 12.0. The molecular formula is C18H16FN5O. The van der Waals surface area contributed by atoms with Gasteiger partial charge in [-0.25, -0.2) is 4.39 Å². The first-order valence-electron chi connectivity index (χ1n) is 7.57. The molecule has 2 heterocycles. The molecule has 6 nitrogen and oxygen atoms in total. The maximum absolute atomic E-state index is 13.6. The second-order valence-electron chi connectivity index (χ2n) is 5.53. The van der Waals surface area contributed by atoms with Crippen molar-refractivity contribution in [1.29, 1.82) is 0 Å². The standard InChI is InChI=1S/C18H16FN5O/c1-10-5-14(19)15(20)8-13(10)16-7-12(9-23-24-16)11-3-4-22-17(6-11)18(25)21-2/h3-9H,20H2,1-2H3,(H,21,25). The SMILES string of the molecule is CNC(=O)c1cc(-c2cnnc(-c3cc(N)c(F)cc3C)c2)ccn1. The molecule has 0 radical (unpaired) electrons. The third kappa shape index (κ3) is 3.30. The fourth-order valence-electron chi connectivity index (χ4n) is 2.48. The smallest absolute Gasteiger partial charge is 0.269 e. The molecule has 0 fully saturated rings. The van der Waals surface area contributed by atoms with Crippen molar-refractivity contribution in [2.45, 2.75) is 6.92 Å². The Morgan fingerprint density at radius 2 is 2.00 bits per heavy atom. The molecule has 1 aromatic carbocycles. The fourth-order valence-corrected chi connectivity index (χ4v) is 2.48. The largest absolute Gasteiger partial charge is 0.396 e. The van der Waals surface area contributed by atoms with Gasteiger partial charge >= 0.3 is 0 Å². The van der Waals surface area contributed by atoms with Gasteiger partial charge < -0.3 is 11.1 Å². The zero-order valence-electron chi connectivity index (χ0n) is 13.7. The minimum absolute atomic E-state index is 0.0543. The van der Waals surface area contributed by atoms with E-state index in [0.29, 0.717) is 22.5 Å². The first-order valence-corrected chi connectivity index (χ1v) is 7.57. The van der Waals surface area contributed by atoms with E-state index < -0.39 is 5.82 Å². The Hall–Kier alpha value is -3.35. The van der Waals surface area contributed by atoms with E-state index >= 15 is 0 Å². The number of carbonyl (C=O) groups is 1. The highest BCUT2D eigenvalue weighted by Crippen LogP contribution is 2.28. The highest BCUT2D eigenvalue weighted by molar-refractivity contribution is 5.93. The summed E-state index contributed by atoms with van der Waals surface area (Å²) in [5.74, 6) is -0.735. The van der Waals surface area contributed by atoms with Crippen LogP contribution in [0.25, 0.3) is 22.4 Å². The molecule has 3 rings (SSSR count). The lowest BCUT2D eigenvalue weighted by molar-refractivity contribution is 0.0958. The van der Waals surface area contributed by atoms with E-state index in [-0.39, 0.29) is 11.6 Å². The molecule has 3 N–H and O–H groups in total. The van der Waals surface area contributed by atoms with E-state index in [1.54, 1.807) is 44.6 Å². The van der Waals surface area contributed by atoms with Gasteiger partial charge in [-0.15, -0.1) is 0 Å². The van der Waals surface area contributed by atoms with Crippen LogP contribution in [0.2, 0.25) is 0 Å². The number of rotatable bonds is 3. The van der Waals surface area contributed by atoms with Gasteiger partial charge in [0.2, 0.25) is 0 Å². The van der Waals surface area contributed by atoms with E-state index in [1.165, 1.54) is 6.07 Å². The lowest BCUT2D eigenvalue weighted by Gasteiger charge is -2.09. The van der Waals surface area contributed by atoms with Crippen LogP contribution in [0, 0.1) is 12.7 Å². The molecule has 0 aliphatic rings. The Morgan fingerprint density at radius 3 is 2.76 bits per heavy atom. The number of hydrogen-bond donors (Lipinski definition) is 2. The number of aromatic nitrogens is 3. The van der Waals surface area contributed by atoms with Crippen LogP contribution in [-0.2, 0) is 0 Å². The molecule has 3 aromatic rings. The van der Waals surface area contributed by atoms with E-state index in [4.69, 9.17) is 5.73 Å². The summed E-state index contributed by atoms with van der Waals surface area (Å²) in [4.78, 5) is 15.8. The van der Waals surface area contributed by atoms with Gasteiger partial charge in [0, 0.05) is 24.4 Å². The maximum atomic E-state index is 13.6. The normalized spacial score (nSPS) is 10.5. The molecule has 0 bridgehead atoms. The molecule has 2 aromatic heterocycles. The molecule has 0 aliphatic heterocycles. The molecule has 25 heavy (non-hydrogen) atoms. The number of benzene rings is 1. The average molecular weight is 337 g/mol. The van der Waals surface area contributed by atoms with Crippen LogP contribution in [0.4, 0.5) is 10.1 Å². The summed E-state index contributed by atoms with van der Waals surface area (Å²) < 4.78 is 13.6. The van der Waals surface area contributed by atoms with Crippen LogP contribution < -0.4 is 11.1 Å². The van der Waals surface area contributed by atoms with Crippen molar-refractivity contribution in [3.63, 3.8) is 0 Å². The number of nitrogens with zero attached hydrogens (tertiary/aromatic N) is 3. The topological polar surface area (TPSA) is 93.8 Å². The number of carbonyl (C=O) groups excluding carboxylic acids is 1. The number of nitrogens with one attached hydrogen (secondary N) is 1. The Kier molecular flexibility index (Phi) is 4.38. The predicted molar refractivity (Wildman–Crippen MR) is 93.2 cm³/mol. The third-order valence-corrected chi connectivity index (χ3v) is 3.83. The summed E-state index contributed by atoms with van der Waals surface area (Å²) in [5, 5.41) is 10.7. The number of aryl methyl sites for hydroxylation is 1. The molecule has 7 heteroatoms. The summed E-state index contributed by atoms with van der Waals surface area (Å²) in [6.45, 7) is 1.78. The van der Waals surface area contributed by atoms with Crippen molar-refractivity contribution in [2.24, 2.45) is 0 Å². The number of halogens is 1. The van der Waals surface area contributed by atoms with Crippen LogP contribution in [0.15, 0.2) is 42.7 Å². The van der Waals surface area contributed by atoms with Gasteiger partial charge in [0.1, 0.15) is 11.5 Å². The Bertz CT molecular complexity index is 958. The van der Waals surface area contributed by atoms with Gasteiger partial charge in [0.05, 0.1) is 17.6 Å². The minimum Gasteiger partial charge on any atom is -0.396 e. The number of amides is 1. The number of pyridine rings is 1. The Labute approximate surface area is 143 Å². The van der Waals surface area contributed by atoms with Gasteiger partial charge in [-0.3, -0.25) is 9.78 Å². The number of hydrogen-bond acceptors (Lipinski definition) is 5. The second kappa shape index (κ2) is 6.64.